The Morgan fingerprint density at radius 1 is 1.26 bits per heavy atom. The highest BCUT2D eigenvalue weighted by Gasteiger charge is 2.30. The number of nitrogens with two attached hydrogens (primary N) is 1. The van der Waals surface area contributed by atoms with E-state index < -0.39 is 11.9 Å². The fourth-order valence-electron chi connectivity index (χ4n) is 3.44. The molecule has 144 valence electrons. The molecular weight excluding hydrogens is 362 g/mol. The van der Waals surface area contributed by atoms with Gasteiger partial charge in [0, 0.05) is 18.7 Å². The molecule has 0 radical (unpaired) electrons. The number of likely N-dealkylation sites (tertiary alicyclic amines) is 1. The van der Waals surface area contributed by atoms with Crippen LogP contribution in [0.2, 0.25) is 0 Å². The number of benzene rings is 1. The molecule has 0 saturated carbocycles. The molecule has 0 bridgehead atoms. The fraction of sp³-hybridized carbons (Fsp3) is 0.474. The topological polar surface area (TPSA) is 94.1 Å². The van der Waals surface area contributed by atoms with Crippen molar-refractivity contribution in [1.82, 2.24) is 19.7 Å². The Morgan fingerprint density at radius 3 is 2.74 bits per heavy atom. The maximum Gasteiger partial charge on any atom is 0.240 e. The summed E-state index contributed by atoms with van der Waals surface area (Å²) in [6.07, 6.45) is 2.48. The minimum absolute atomic E-state index is 0.0772. The molecule has 2 aromatic rings. The Morgan fingerprint density at radius 2 is 2.04 bits per heavy atom. The molecule has 1 aliphatic rings. The first-order valence-corrected chi connectivity index (χ1v) is 10.2. The number of carbonyl (C=O) groups excluding carboxylic acids is 2. The lowest BCUT2D eigenvalue weighted by atomic mass is 10.0. The second kappa shape index (κ2) is 8.56. The second-order valence-electron chi connectivity index (χ2n) is 6.66. The van der Waals surface area contributed by atoms with Gasteiger partial charge in [0.05, 0.1) is 5.75 Å². The smallest absolute Gasteiger partial charge is 0.240 e. The molecule has 1 aromatic carbocycles. The summed E-state index contributed by atoms with van der Waals surface area (Å²) < 4.78 is 2.02. The number of aryl methyl sites for hydroxylation is 1. The number of rotatable bonds is 6. The van der Waals surface area contributed by atoms with E-state index in [1.54, 1.807) is 4.90 Å². The molecule has 1 fully saturated rings. The lowest BCUT2D eigenvalue weighted by Gasteiger charge is -2.33. The van der Waals surface area contributed by atoms with E-state index in [9.17, 15) is 9.59 Å². The zero-order valence-corrected chi connectivity index (χ0v) is 16.5. The van der Waals surface area contributed by atoms with Gasteiger partial charge in [-0.05, 0) is 38.7 Å². The van der Waals surface area contributed by atoms with E-state index in [0.717, 1.165) is 29.8 Å². The van der Waals surface area contributed by atoms with Crippen molar-refractivity contribution in [3.05, 3.63) is 29.8 Å². The van der Waals surface area contributed by atoms with Gasteiger partial charge < -0.3 is 15.2 Å². The van der Waals surface area contributed by atoms with Crippen LogP contribution in [-0.2, 0) is 16.1 Å². The van der Waals surface area contributed by atoms with Crippen molar-refractivity contribution in [2.24, 2.45) is 5.73 Å². The van der Waals surface area contributed by atoms with Crippen LogP contribution in [0.5, 0.6) is 0 Å². The SMILES string of the molecule is CCn1c(SCC(=O)N2CCCC[C@@H]2C(N)=O)nnc1-c1ccccc1C. The normalized spacial score (nSPS) is 17.1. The summed E-state index contributed by atoms with van der Waals surface area (Å²) in [6.45, 7) is 5.37. The summed E-state index contributed by atoms with van der Waals surface area (Å²) >= 11 is 1.35. The number of amides is 2. The molecule has 2 amide bonds. The minimum atomic E-state index is -0.488. The Balaban J connectivity index is 1.74. The molecule has 1 atom stereocenters. The first kappa shape index (κ1) is 19.4. The van der Waals surface area contributed by atoms with Gasteiger partial charge in [0.1, 0.15) is 6.04 Å². The van der Waals surface area contributed by atoms with E-state index in [1.165, 1.54) is 11.8 Å². The monoisotopic (exact) mass is 387 g/mol. The first-order chi connectivity index (χ1) is 13.0. The second-order valence-corrected chi connectivity index (χ2v) is 7.60. The molecule has 0 aliphatic carbocycles. The summed E-state index contributed by atoms with van der Waals surface area (Å²) in [6, 6.07) is 7.55. The van der Waals surface area contributed by atoms with Gasteiger partial charge in [0.15, 0.2) is 11.0 Å². The van der Waals surface area contributed by atoms with Crippen molar-refractivity contribution < 1.29 is 9.59 Å². The molecule has 7 nitrogen and oxygen atoms in total. The van der Waals surface area contributed by atoms with Crippen LogP contribution in [0.25, 0.3) is 11.4 Å². The molecule has 2 heterocycles. The van der Waals surface area contributed by atoms with E-state index in [1.807, 2.05) is 42.7 Å². The molecule has 3 rings (SSSR count). The van der Waals surface area contributed by atoms with E-state index in [-0.39, 0.29) is 11.7 Å². The van der Waals surface area contributed by atoms with Gasteiger partial charge >= 0.3 is 0 Å². The Kier molecular flexibility index (Phi) is 6.15. The van der Waals surface area contributed by atoms with Crippen LogP contribution in [-0.4, -0.2) is 49.8 Å². The number of aromatic nitrogens is 3. The summed E-state index contributed by atoms with van der Waals surface area (Å²) in [4.78, 5) is 25.9. The molecule has 1 saturated heterocycles. The molecule has 1 aliphatic heterocycles. The van der Waals surface area contributed by atoms with Crippen LogP contribution in [0, 0.1) is 6.92 Å². The third-order valence-corrected chi connectivity index (χ3v) is 5.85. The highest BCUT2D eigenvalue weighted by molar-refractivity contribution is 7.99. The average molecular weight is 388 g/mol. The summed E-state index contributed by atoms with van der Waals surface area (Å²) in [5.74, 6) is 0.520. The number of carbonyl (C=O) groups is 2. The van der Waals surface area contributed by atoms with Gasteiger partial charge in [-0.25, -0.2) is 0 Å². The zero-order chi connectivity index (χ0) is 19.4. The highest BCUT2D eigenvalue weighted by Crippen LogP contribution is 2.27. The fourth-order valence-corrected chi connectivity index (χ4v) is 4.33. The van der Waals surface area contributed by atoms with Gasteiger partial charge in [-0.2, -0.15) is 0 Å². The highest BCUT2D eigenvalue weighted by atomic mass is 32.2. The van der Waals surface area contributed by atoms with Gasteiger partial charge in [-0.15, -0.1) is 10.2 Å². The lowest BCUT2D eigenvalue weighted by molar-refractivity contribution is -0.138. The first-order valence-electron chi connectivity index (χ1n) is 9.23. The van der Waals surface area contributed by atoms with Gasteiger partial charge in [0.25, 0.3) is 0 Å². The average Bonchev–Trinajstić information content (AvgIpc) is 3.09. The number of piperidine rings is 1. The van der Waals surface area contributed by atoms with Gasteiger partial charge in [-0.3, -0.25) is 9.59 Å². The standard InChI is InChI=1S/C19H25N5O2S/c1-3-23-18(14-9-5-4-8-13(14)2)21-22-19(23)27-12-16(25)24-11-7-6-10-15(24)17(20)26/h4-5,8-9,15H,3,6-7,10-12H2,1-2H3,(H2,20,26)/t15-/m1/s1. The summed E-state index contributed by atoms with van der Waals surface area (Å²) in [5.41, 5.74) is 7.63. The minimum Gasteiger partial charge on any atom is -0.368 e. The molecular formula is C19H25N5O2S. The van der Waals surface area contributed by atoms with Gasteiger partial charge in [-0.1, -0.05) is 36.0 Å². The van der Waals surface area contributed by atoms with E-state index in [2.05, 4.69) is 10.2 Å². The van der Waals surface area contributed by atoms with E-state index in [4.69, 9.17) is 5.73 Å². The summed E-state index contributed by atoms with van der Waals surface area (Å²) in [5, 5.41) is 9.34. The summed E-state index contributed by atoms with van der Waals surface area (Å²) in [7, 11) is 0. The zero-order valence-electron chi connectivity index (χ0n) is 15.7. The van der Waals surface area contributed by atoms with Crippen LogP contribution in [0.15, 0.2) is 29.4 Å². The van der Waals surface area contributed by atoms with Crippen LogP contribution in [0.3, 0.4) is 0 Å². The Bertz CT molecular complexity index is 835. The van der Waals surface area contributed by atoms with Crippen LogP contribution >= 0.6 is 11.8 Å². The number of hydrogen-bond donors (Lipinski definition) is 1. The molecule has 2 N–H and O–H groups in total. The number of nitrogens with zero attached hydrogens (tertiary/aromatic N) is 4. The number of hydrogen-bond acceptors (Lipinski definition) is 5. The maximum absolute atomic E-state index is 12.7. The third-order valence-electron chi connectivity index (χ3n) is 4.90. The predicted molar refractivity (Wildman–Crippen MR) is 105 cm³/mol. The van der Waals surface area contributed by atoms with E-state index in [0.29, 0.717) is 24.7 Å². The maximum atomic E-state index is 12.7. The number of primary amides is 1. The lowest BCUT2D eigenvalue weighted by Crippen LogP contribution is -2.51. The number of thioether (sulfide) groups is 1. The Hall–Kier alpha value is -2.35. The molecule has 0 spiro atoms. The van der Waals surface area contributed by atoms with Gasteiger partial charge in [0.2, 0.25) is 11.8 Å². The van der Waals surface area contributed by atoms with Crippen LogP contribution in [0.4, 0.5) is 0 Å². The van der Waals surface area contributed by atoms with Crippen LogP contribution < -0.4 is 5.73 Å². The van der Waals surface area contributed by atoms with Crippen LogP contribution in [0.1, 0.15) is 31.7 Å². The molecule has 8 heteroatoms. The van der Waals surface area contributed by atoms with Crippen molar-refractivity contribution in [2.75, 3.05) is 12.3 Å². The third kappa shape index (κ3) is 4.16. The van der Waals surface area contributed by atoms with Crippen molar-refractivity contribution in [3.63, 3.8) is 0 Å². The molecule has 1 aromatic heterocycles. The van der Waals surface area contributed by atoms with Crippen molar-refractivity contribution in [2.45, 2.75) is 50.9 Å². The van der Waals surface area contributed by atoms with Crippen molar-refractivity contribution in [1.29, 1.82) is 0 Å². The quantitative estimate of drug-likeness (QED) is 0.767. The van der Waals surface area contributed by atoms with Crippen molar-refractivity contribution in [3.8, 4) is 11.4 Å². The molecule has 27 heavy (non-hydrogen) atoms. The Labute approximate surface area is 163 Å². The largest absolute Gasteiger partial charge is 0.368 e. The van der Waals surface area contributed by atoms with Crippen molar-refractivity contribution >= 4 is 23.6 Å². The molecule has 0 unspecified atom stereocenters. The van der Waals surface area contributed by atoms with E-state index >= 15 is 0 Å². The predicted octanol–water partition coefficient (Wildman–Crippen LogP) is 2.23.